The summed E-state index contributed by atoms with van der Waals surface area (Å²) in [5, 5.41) is 0. The molecule has 0 radical (unpaired) electrons. The number of hydrogen-bond donors (Lipinski definition) is 0. The van der Waals surface area contributed by atoms with E-state index in [1.807, 2.05) is 50.2 Å². The molecule has 6 heteroatoms. The van der Waals surface area contributed by atoms with Gasteiger partial charge in [-0.05, 0) is 62.1 Å². The van der Waals surface area contributed by atoms with Crippen molar-refractivity contribution in [1.82, 2.24) is 9.80 Å². The average molecular weight is 421 g/mol. The molecule has 0 aromatic heterocycles. The Morgan fingerprint density at radius 2 is 1.58 bits per heavy atom. The zero-order valence-corrected chi connectivity index (χ0v) is 18.3. The maximum atomic E-state index is 13.4. The third-order valence-electron chi connectivity index (χ3n) is 5.86. The van der Waals surface area contributed by atoms with Crippen LogP contribution in [0.1, 0.15) is 29.5 Å². The third-order valence-corrected chi connectivity index (χ3v) is 5.86. The Balaban J connectivity index is 1.55. The predicted molar refractivity (Wildman–Crippen MR) is 119 cm³/mol. The lowest BCUT2D eigenvalue weighted by Gasteiger charge is -2.20. The molecule has 31 heavy (non-hydrogen) atoms. The number of rotatable bonds is 7. The van der Waals surface area contributed by atoms with Gasteiger partial charge < -0.3 is 14.4 Å². The molecule has 0 bridgehead atoms. The van der Waals surface area contributed by atoms with Crippen LogP contribution in [0.4, 0.5) is 0 Å². The van der Waals surface area contributed by atoms with Crippen molar-refractivity contribution >= 4 is 17.4 Å². The molecule has 2 amide bonds. The first-order valence-electron chi connectivity index (χ1n) is 10.7. The van der Waals surface area contributed by atoms with E-state index in [0.717, 1.165) is 48.4 Å². The van der Waals surface area contributed by atoms with Crippen molar-refractivity contribution in [2.75, 3.05) is 33.4 Å². The summed E-state index contributed by atoms with van der Waals surface area (Å²) in [7, 11) is 1.61. The topological polar surface area (TPSA) is 59.1 Å². The van der Waals surface area contributed by atoms with E-state index in [9.17, 15) is 9.59 Å². The van der Waals surface area contributed by atoms with E-state index in [2.05, 4.69) is 11.0 Å². The van der Waals surface area contributed by atoms with Gasteiger partial charge in [0.15, 0.2) is 0 Å². The number of benzene rings is 2. The predicted octanol–water partition coefficient (Wildman–Crippen LogP) is 3.57. The van der Waals surface area contributed by atoms with E-state index >= 15 is 0 Å². The highest BCUT2D eigenvalue weighted by Crippen LogP contribution is 2.35. The lowest BCUT2D eigenvalue weighted by Crippen LogP contribution is -2.37. The molecule has 2 heterocycles. The van der Waals surface area contributed by atoms with Crippen LogP contribution in [-0.2, 0) is 9.59 Å². The van der Waals surface area contributed by atoms with Gasteiger partial charge in [-0.1, -0.05) is 23.8 Å². The summed E-state index contributed by atoms with van der Waals surface area (Å²) < 4.78 is 10.9. The van der Waals surface area contributed by atoms with Gasteiger partial charge in [0, 0.05) is 13.1 Å². The lowest BCUT2D eigenvalue weighted by atomic mass is 9.97. The Kier molecular flexibility index (Phi) is 5.98. The van der Waals surface area contributed by atoms with Gasteiger partial charge in [-0.3, -0.25) is 14.5 Å². The van der Waals surface area contributed by atoms with Crippen molar-refractivity contribution < 1.29 is 19.1 Å². The van der Waals surface area contributed by atoms with E-state index in [0.29, 0.717) is 17.0 Å². The van der Waals surface area contributed by atoms with Gasteiger partial charge in [0.05, 0.1) is 19.2 Å². The zero-order valence-electron chi connectivity index (χ0n) is 18.3. The molecule has 0 aliphatic carbocycles. The van der Waals surface area contributed by atoms with Crippen LogP contribution in [0.3, 0.4) is 0 Å². The van der Waals surface area contributed by atoms with Crippen LogP contribution in [0, 0.1) is 13.8 Å². The van der Waals surface area contributed by atoms with Crippen LogP contribution < -0.4 is 9.47 Å². The fourth-order valence-electron chi connectivity index (χ4n) is 4.26. The summed E-state index contributed by atoms with van der Waals surface area (Å²) in [5.74, 6) is 0.953. The largest absolute Gasteiger partial charge is 0.497 e. The monoisotopic (exact) mass is 420 g/mol. The quantitative estimate of drug-likeness (QED) is 0.641. The summed E-state index contributed by atoms with van der Waals surface area (Å²) in [5.41, 5.74) is 4.03. The molecule has 2 aliphatic rings. The second-order valence-corrected chi connectivity index (χ2v) is 8.02. The number of carbonyl (C=O) groups is 2. The van der Waals surface area contributed by atoms with Gasteiger partial charge in [-0.2, -0.15) is 0 Å². The van der Waals surface area contributed by atoms with Crippen LogP contribution in [-0.4, -0.2) is 55.0 Å². The van der Waals surface area contributed by atoms with Crippen molar-refractivity contribution in [2.24, 2.45) is 0 Å². The van der Waals surface area contributed by atoms with Crippen molar-refractivity contribution in [3.63, 3.8) is 0 Å². The zero-order chi connectivity index (χ0) is 22.0. The summed E-state index contributed by atoms with van der Waals surface area (Å²) in [6, 6.07) is 13.2. The molecule has 4 rings (SSSR count). The minimum atomic E-state index is -0.239. The molecule has 162 valence electrons. The number of amides is 2. The number of likely N-dealkylation sites (tertiary alicyclic amines) is 1. The minimum absolute atomic E-state index is 0.204. The lowest BCUT2D eigenvalue weighted by molar-refractivity contribution is -0.137. The standard InChI is InChI=1S/C25H28N2O4/c1-17-6-11-21(18(2)16-17)22-23(26-12-4-5-13-26)25(29)27(24(22)28)14-15-31-20-9-7-19(30-3)8-10-20/h6-11,16H,4-5,12-15H2,1-3H3. The van der Waals surface area contributed by atoms with Gasteiger partial charge in [0.2, 0.25) is 0 Å². The maximum absolute atomic E-state index is 13.4. The highest BCUT2D eigenvalue weighted by Gasteiger charge is 2.42. The molecule has 2 aliphatic heterocycles. The van der Waals surface area contributed by atoms with E-state index in [-0.39, 0.29) is 25.0 Å². The minimum Gasteiger partial charge on any atom is -0.497 e. The molecule has 1 saturated heterocycles. The number of ether oxygens (including phenoxy) is 2. The second-order valence-electron chi connectivity index (χ2n) is 8.02. The van der Waals surface area contributed by atoms with Crippen LogP contribution >= 0.6 is 0 Å². The second kappa shape index (κ2) is 8.84. The highest BCUT2D eigenvalue weighted by atomic mass is 16.5. The van der Waals surface area contributed by atoms with Gasteiger partial charge in [0.1, 0.15) is 23.8 Å². The molecule has 0 saturated carbocycles. The highest BCUT2D eigenvalue weighted by molar-refractivity contribution is 6.35. The first-order chi connectivity index (χ1) is 15.0. The number of aryl methyl sites for hydroxylation is 2. The van der Waals surface area contributed by atoms with Crippen LogP contribution in [0.15, 0.2) is 48.2 Å². The maximum Gasteiger partial charge on any atom is 0.277 e. The Hall–Kier alpha value is -3.28. The molecule has 6 nitrogen and oxygen atoms in total. The Morgan fingerprint density at radius 1 is 0.903 bits per heavy atom. The average Bonchev–Trinajstić information content (AvgIpc) is 3.36. The van der Waals surface area contributed by atoms with Crippen molar-refractivity contribution in [1.29, 1.82) is 0 Å². The van der Waals surface area contributed by atoms with Crippen molar-refractivity contribution in [3.05, 3.63) is 64.9 Å². The molecule has 0 atom stereocenters. The fraction of sp³-hybridized carbons (Fsp3) is 0.360. The first kappa shape index (κ1) is 21.0. The smallest absolute Gasteiger partial charge is 0.277 e. The molecule has 1 fully saturated rings. The Bertz CT molecular complexity index is 1020. The number of nitrogens with zero attached hydrogens (tertiary/aromatic N) is 2. The number of carbonyl (C=O) groups excluding carboxylic acids is 2. The Labute approximate surface area is 183 Å². The number of imide groups is 1. The van der Waals surface area contributed by atoms with Gasteiger partial charge in [0.25, 0.3) is 11.8 Å². The number of hydrogen-bond acceptors (Lipinski definition) is 5. The van der Waals surface area contributed by atoms with Crippen molar-refractivity contribution in [3.8, 4) is 11.5 Å². The molecular weight excluding hydrogens is 392 g/mol. The molecule has 0 spiro atoms. The fourth-order valence-corrected chi connectivity index (χ4v) is 4.26. The molecule has 2 aromatic rings. The molecule has 2 aromatic carbocycles. The van der Waals surface area contributed by atoms with E-state index < -0.39 is 0 Å². The van der Waals surface area contributed by atoms with Crippen LogP contribution in [0.2, 0.25) is 0 Å². The summed E-state index contributed by atoms with van der Waals surface area (Å²) in [4.78, 5) is 30.1. The summed E-state index contributed by atoms with van der Waals surface area (Å²) in [6.45, 7) is 6.06. The van der Waals surface area contributed by atoms with Gasteiger partial charge >= 0.3 is 0 Å². The van der Waals surface area contributed by atoms with Gasteiger partial charge in [-0.15, -0.1) is 0 Å². The van der Waals surface area contributed by atoms with E-state index in [1.165, 1.54) is 4.90 Å². The van der Waals surface area contributed by atoms with E-state index in [1.54, 1.807) is 7.11 Å². The van der Waals surface area contributed by atoms with E-state index in [4.69, 9.17) is 9.47 Å². The molecule has 0 N–H and O–H groups in total. The van der Waals surface area contributed by atoms with Gasteiger partial charge in [-0.25, -0.2) is 0 Å². The van der Waals surface area contributed by atoms with Crippen LogP contribution in [0.25, 0.3) is 5.57 Å². The van der Waals surface area contributed by atoms with Crippen LogP contribution in [0.5, 0.6) is 11.5 Å². The Morgan fingerprint density at radius 3 is 2.23 bits per heavy atom. The normalized spacial score (nSPS) is 16.5. The summed E-state index contributed by atoms with van der Waals surface area (Å²) in [6.07, 6.45) is 2.07. The van der Waals surface area contributed by atoms with Crippen molar-refractivity contribution in [2.45, 2.75) is 26.7 Å². The number of methoxy groups -OCH3 is 1. The third kappa shape index (κ3) is 4.15. The molecular formula is C25H28N2O4. The first-order valence-corrected chi connectivity index (χ1v) is 10.7. The summed E-state index contributed by atoms with van der Waals surface area (Å²) >= 11 is 0. The SMILES string of the molecule is COc1ccc(OCCN2C(=O)C(c3ccc(C)cc3C)=C(N3CCCC3)C2=O)cc1. The molecule has 0 unspecified atom stereocenters.